The van der Waals surface area contributed by atoms with E-state index in [0.717, 1.165) is 18.2 Å². The number of nitrogens with one attached hydrogen (secondary N) is 1. The van der Waals surface area contributed by atoms with E-state index in [0.29, 0.717) is 18.1 Å². The van der Waals surface area contributed by atoms with Crippen molar-refractivity contribution >= 4 is 27.5 Å². The van der Waals surface area contributed by atoms with Crippen LogP contribution in [0.15, 0.2) is 24.3 Å². The van der Waals surface area contributed by atoms with E-state index in [1.165, 1.54) is 4.31 Å². The highest BCUT2D eigenvalue weighted by atomic mass is 35.5. The monoisotopic (exact) mass is 332 g/mol. The molecule has 0 fully saturated rings. The summed E-state index contributed by atoms with van der Waals surface area (Å²) < 4.78 is 24.4. The van der Waals surface area contributed by atoms with Gasteiger partial charge in [-0.05, 0) is 24.1 Å². The number of rotatable bonds is 8. The van der Waals surface area contributed by atoms with Crippen molar-refractivity contribution in [1.82, 2.24) is 9.62 Å². The van der Waals surface area contributed by atoms with Crippen molar-refractivity contribution in [2.45, 2.75) is 26.3 Å². The van der Waals surface area contributed by atoms with E-state index < -0.39 is 10.0 Å². The molecule has 1 aromatic rings. The maximum atomic E-state index is 11.8. The van der Waals surface area contributed by atoms with Crippen LogP contribution in [-0.4, -0.2) is 38.0 Å². The molecule has 7 heteroatoms. The zero-order valence-electron chi connectivity index (χ0n) is 12.3. The van der Waals surface area contributed by atoms with Crippen molar-refractivity contribution in [3.8, 4) is 0 Å². The lowest BCUT2D eigenvalue weighted by Crippen LogP contribution is -2.35. The van der Waals surface area contributed by atoms with Crippen molar-refractivity contribution in [3.63, 3.8) is 0 Å². The molecule has 0 spiro atoms. The molecular formula is C14H21ClN2O3S. The minimum Gasteiger partial charge on any atom is -0.352 e. The molecule has 1 amide bonds. The molecule has 0 heterocycles. The number of carbonyl (C=O) groups excluding carboxylic acids is 1. The molecule has 0 aliphatic carbocycles. The fourth-order valence-corrected chi connectivity index (χ4v) is 2.87. The number of nitrogens with zero attached hydrogens (tertiary/aromatic N) is 1. The number of sulfonamides is 1. The summed E-state index contributed by atoms with van der Waals surface area (Å²) in [5.74, 6) is -0.172. The lowest BCUT2D eigenvalue weighted by atomic mass is 10.2. The largest absolute Gasteiger partial charge is 0.352 e. The average molecular weight is 333 g/mol. The number of hydrogen-bond acceptors (Lipinski definition) is 3. The highest BCUT2D eigenvalue weighted by Gasteiger charge is 2.16. The summed E-state index contributed by atoms with van der Waals surface area (Å²) in [4.78, 5) is 11.8. The SMILES string of the molecule is CCCN(CCC(=O)NCc1ccc(Cl)cc1)S(C)(=O)=O. The molecule has 0 saturated carbocycles. The lowest BCUT2D eigenvalue weighted by molar-refractivity contribution is -0.121. The molecule has 1 N–H and O–H groups in total. The van der Waals surface area contributed by atoms with Gasteiger partial charge < -0.3 is 5.32 Å². The molecule has 5 nitrogen and oxygen atoms in total. The third kappa shape index (κ3) is 6.93. The Morgan fingerprint density at radius 1 is 1.24 bits per heavy atom. The molecule has 21 heavy (non-hydrogen) atoms. The summed E-state index contributed by atoms with van der Waals surface area (Å²) >= 11 is 5.78. The second-order valence-corrected chi connectivity index (χ2v) is 7.23. The molecule has 0 saturated heterocycles. The van der Waals surface area contributed by atoms with Crippen molar-refractivity contribution in [1.29, 1.82) is 0 Å². The fraction of sp³-hybridized carbons (Fsp3) is 0.500. The third-order valence-electron chi connectivity index (χ3n) is 2.93. The molecule has 118 valence electrons. The van der Waals surface area contributed by atoms with Gasteiger partial charge in [0.2, 0.25) is 15.9 Å². The van der Waals surface area contributed by atoms with Crippen LogP contribution in [0.25, 0.3) is 0 Å². The average Bonchev–Trinajstić information content (AvgIpc) is 2.41. The van der Waals surface area contributed by atoms with Crippen molar-refractivity contribution in [3.05, 3.63) is 34.9 Å². The van der Waals surface area contributed by atoms with Gasteiger partial charge in [0, 0.05) is 31.1 Å². The number of carbonyl (C=O) groups is 1. The van der Waals surface area contributed by atoms with Crippen LogP contribution in [0.4, 0.5) is 0 Å². The van der Waals surface area contributed by atoms with Gasteiger partial charge in [-0.3, -0.25) is 4.79 Å². The topological polar surface area (TPSA) is 66.5 Å². The van der Waals surface area contributed by atoms with E-state index in [-0.39, 0.29) is 18.9 Å². The maximum absolute atomic E-state index is 11.8. The van der Waals surface area contributed by atoms with E-state index >= 15 is 0 Å². The zero-order chi connectivity index (χ0) is 15.9. The van der Waals surface area contributed by atoms with Gasteiger partial charge in [-0.2, -0.15) is 0 Å². The molecule has 1 aromatic carbocycles. The third-order valence-corrected chi connectivity index (χ3v) is 4.49. The van der Waals surface area contributed by atoms with Gasteiger partial charge in [0.1, 0.15) is 0 Å². The predicted octanol–water partition coefficient (Wildman–Crippen LogP) is 2.02. The van der Waals surface area contributed by atoms with Gasteiger partial charge in [-0.15, -0.1) is 0 Å². The summed E-state index contributed by atoms with van der Waals surface area (Å²) in [6.07, 6.45) is 2.04. The molecule has 0 radical (unpaired) electrons. The number of hydrogen-bond donors (Lipinski definition) is 1. The van der Waals surface area contributed by atoms with Crippen LogP contribution < -0.4 is 5.32 Å². The summed E-state index contributed by atoms with van der Waals surface area (Å²) in [5, 5.41) is 3.41. The zero-order valence-corrected chi connectivity index (χ0v) is 13.9. The van der Waals surface area contributed by atoms with Crippen LogP contribution >= 0.6 is 11.6 Å². The van der Waals surface area contributed by atoms with Gasteiger partial charge in [0.15, 0.2) is 0 Å². The smallest absolute Gasteiger partial charge is 0.221 e. The van der Waals surface area contributed by atoms with Crippen LogP contribution in [0.5, 0.6) is 0 Å². The van der Waals surface area contributed by atoms with E-state index in [4.69, 9.17) is 11.6 Å². The Kier molecular flexibility index (Phi) is 7.14. The predicted molar refractivity (Wildman–Crippen MR) is 84.6 cm³/mol. The summed E-state index contributed by atoms with van der Waals surface area (Å²) in [5.41, 5.74) is 0.946. The Bertz CT molecular complexity index is 558. The highest BCUT2D eigenvalue weighted by molar-refractivity contribution is 7.88. The number of benzene rings is 1. The van der Waals surface area contributed by atoms with Crippen molar-refractivity contribution in [2.24, 2.45) is 0 Å². The molecule has 0 unspecified atom stereocenters. The molecule has 0 atom stereocenters. The minimum absolute atomic E-state index is 0.153. The molecule has 0 bridgehead atoms. The van der Waals surface area contributed by atoms with Crippen LogP contribution in [0, 0.1) is 0 Å². The first-order valence-corrected chi connectivity index (χ1v) is 9.02. The van der Waals surface area contributed by atoms with Gasteiger partial charge in [-0.25, -0.2) is 12.7 Å². The molecule has 0 aliphatic rings. The second-order valence-electron chi connectivity index (χ2n) is 4.82. The summed E-state index contributed by atoms with van der Waals surface area (Å²) in [6, 6.07) is 7.19. The van der Waals surface area contributed by atoms with Crippen LogP contribution in [0.3, 0.4) is 0 Å². The van der Waals surface area contributed by atoms with Gasteiger partial charge in [0.05, 0.1) is 6.26 Å². The number of amides is 1. The number of halogens is 1. The normalized spacial score (nSPS) is 11.6. The van der Waals surface area contributed by atoms with Crippen LogP contribution in [0.2, 0.25) is 5.02 Å². The molecule has 0 aliphatic heterocycles. The van der Waals surface area contributed by atoms with E-state index in [9.17, 15) is 13.2 Å². The van der Waals surface area contributed by atoms with E-state index in [1.54, 1.807) is 12.1 Å². The van der Waals surface area contributed by atoms with Gasteiger partial charge in [-0.1, -0.05) is 30.7 Å². The Morgan fingerprint density at radius 3 is 2.38 bits per heavy atom. The standard InChI is InChI=1S/C14H21ClN2O3S/c1-3-9-17(21(2,19)20)10-8-14(18)16-11-12-4-6-13(15)7-5-12/h4-7H,3,8-11H2,1-2H3,(H,16,18). The van der Waals surface area contributed by atoms with E-state index in [2.05, 4.69) is 5.32 Å². The van der Waals surface area contributed by atoms with Gasteiger partial charge in [0.25, 0.3) is 0 Å². The Hall–Kier alpha value is -1.11. The summed E-state index contributed by atoms with van der Waals surface area (Å²) in [6.45, 7) is 2.95. The fourth-order valence-electron chi connectivity index (χ4n) is 1.81. The minimum atomic E-state index is -3.26. The lowest BCUT2D eigenvalue weighted by Gasteiger charge is -2.18. The van der Waals surface area contributed by atoms with Crippen molar-refractivity contribution < 1.29 is 13.2 Å². The molecule has 0 aromatic heterocycles. The first-order chi connectivity index (χ1) is 9.82. The van der Waals surface area contributed by atoms with Crippen LogP contribution in [-0.2, 0) is 21.4 Å². The Morgan fingerprint density at radius 2 is 1.86 bits per heavy atom. The first kappa shape index (κ1) is 17.9. The first-order valence-electron chi connectivity index (χ1n) is 6.79. The summed E-state index contributed by atoms with van der Waals surface area (Å²) in [7, 11) is -3.26. The highest BCUT2D eigenvalue weighted by Crippen LogP contribution is 2.09. The van der Waals surface area contributed by atoms with Crippen LogP contribution in [0.1, 0.15) is 25.3 Å². The Balaban J connectivity index is 2.41. The quantitative estimate of drug-likeness (QED) is 0.792. The molecule has 1 rings (SSSR count). The second kappa shape index (κ2) is 8.36. The van der Waals surface area contributed by atoms with Crippen molar-refractivity contribution in [2.75, 3.05) is 19.3 Å². The maximum Gasteiger partial charge on any atom is 0.221 e. The van der Waals surface area contributed by atoms with E-state index in [1.807, 2.05) is 19.1 Å². The van der Waals surface area contributed by atoms with Gasteiger partial charge >= 0.3 is 0 Å². The molecular weight excluding hydrogens is 312 g/mol. The Labute approximate surface area is 131 Å².